The van der Waals surface area contributed by atoms with E-state index >= 15 is 0 Å². The van der Waals surface area contributed by atoms with E-state index in [0.717, 1.165) is 11.3 Å². The maximum absolute atomic E-state index is 11.9. The van der Waals surface area contributed by atoms with E-state index in [1.807, 2.05) is 25.1 Å². The van der Waals surface area contributed by atoms with Crippen molar-refractivity contribution in [2.45, 2.75) is 26.7 Å². The third kappa shape index (κ3) is 4.48. The van der Waals surface area contributed by atoms with Crippen molar-refractivity contribution in [2.24, 2.45) is 0 Å². The zero-order chi connectivity index (χ0) is 16.8. The predicted molar refractivity (Wildman–Crippen MR) is 85.9 cm³/mol. The number of carbonyl (C=O) groups is 1. The van der Waals surface area contributed by atoms with Gasteiger partial charge in [-0.05, 0) is 31.0 Å². The maximum Gasteiger partial charge on any atom is 0.227 e. The Labute approximate surface area is 135 Å². The van der Waals surface area contributed by atoms with Crippen molar-refractivity contribution in [3.05, 3.63) is 41.1 Å². The van der Waals surface area contributed by atoms with Gasteiger partial charge < -0.3 is 19.2 Å². The molecular formula is C17H22N2O4. The summed E-state index contributed by atoms with van der Waals surface area (Å²) in [6.07, 6.45) is 0.916. The number of nitrogens with zero attached hydrogens (tertiary/aromatic N) is 1. The molecule has 1 N–H and O–H groups in total. The lowest BCUT2D eigenvalue weighted by Crippen LogP contribution is -2.27. The summed E-state index contributed by atoms with van der Waals surface area (Å²) < 4.78 is 15.9. The third-order valence-corrected chi connectivity index (χ3v) is 3.50. The molecule has 0 aliphatic heterocycles. The molecule has 6 nitrogen and oxygen atoms in total. The number of rotatable bonds is 7. The van der Waals surface area contributed by atoms with Gasteiger partial charge in [0.25, 0.3) is 0 Å². The third-order valence-electron chi connectivity index (χ3n) is 3.50. The number of benzene rings is 1. The number of hydrogen-bond acceptors (Lipinski definition) is 5. The van der Waals surface area contributed by atoms with Gasteiger partial charge in [-0.25, -0.2) is 4.98 Å². The molecule has 0 spiro atoms. The Morgan fingerprint density at radius 1 is 1.22 bits per heavy atom. The first-order valence-electron chi connectivity index (χ1n) is 7.44. The fourth-order valence-corrected chi connectivity index (χ4v) is 2.33. The zero-order valence-electron chi connectivity index (χ0n) is 13.9. The molecule has 2 rings (SSSR count). The van der Waals surface area contributed by atoms with Crippen molar-refractivity contribution in [3.8, 4) is 11.5 Å². The van der Waals surface area contributed by atoms with Crippen molar-refractivity contribution < 1.29 is 18.7 Å². The summed E-state index contributed by atoms with van der Waals surface area (Å²) in [5.74, 6) is 2.49. The van der Waals surface area contributed by atoms with Crippen LogP contribution in [0, 0.1) is 13.8 Å². The SMILES string of the molecule is COc1ccc(CCNC(=O)Cc2oc(C)nc2C)cc1OC. The number of aromatic nitrogens is 1. The van der Waals surface area contributed by atoms with E-state index in [1.165, 1.54) is 0 Å². The highest BCUT2D eigenvalue weighted by atomic mass is 16.5. The van der Waals surface area contributed by atoms with Crippen LogP contribution in [0.15, 0.2) is 22.6 Å². The van der Waals surface area contributed by atoms with Crippen LogP contribution in [0.1, 0.15) is 22.9 Å². The van der Waals surface area contributed by atoms with Crippen LogP contribution < -0.4 is 14.8 Å². The number of nitrogens with one attached hydrogen (secondary N) is 1. The van der Waals surface area contributed by atoms with E-state index in [-0.39, 0.29) is 12.3 Å². The summed E-state index contributed by atoms with van der Waals surface area (Å²) in [6, 6.07) is 5.73. The largest absolute Gasteiger partial charge is 0.493 e. The average Bonchev–Trinajstić information content (AvgIpc) is 2.84. The van der Waals surface area contributed by atoms with E-state index in [4.69, 9.17) is 13.9 Å². The molecule has 23 heavy (non-hydrogen) atoms. The lowest BCUT2D eigenvalue weighted by Gasteiger charge is -2.10. The van der Waals surface area contributed by atoms with Gasteiger partial charge in [-0.1, -0.05) is 6.07 Å². The van der Waals surface area contributed by atoms with Crippen molar-refractivity contribution in [1.82, 2.24) is 10.3 Å². The van der Waals surface area contributed by atoms with Crippen LogP contribution in [0.4, 0.5) is 0 Å². The van der Waals surface area contributed by atoms with Gasteiger partial charge in [0.2, 0.25) is 5.91 Å². The molecule has 0 saturated heterocycles. The van der Waals surface area contributed by atoms with Gasteiger partial charge in [-0.15, -0.1) is 0 Å². The summed E-state index contributed by atoms with van der Waals surface area (Å²) in [6.45, 7) is 4.15. The van der Waals surface area contributed by atoms with Gasteiger partial charge >= 0.3 is 0 Å². The van der Waals surface area contributed by atoms with E-state index in [9.17, 15) is 4.79 Å². The Bertz CT molecular complexity index is 679. The molecule has 0 aliphatic rings. The molecule has 2 aromatic rings. The fourth-order valence-electron chi connectivity index (χ4n) is 2.33. The minimum absolute atomic E-state index is 0.0790. The smallest absolute Gasteiger partial charge is 0.227 e. The summed E-state index contributed by atoms with van der Waals surface area (Å²) in [4.78, 5) is 16.1. The highest BCUT2D eigenvalue weighted by Gasteiger charge is 2.11. The standard InChI is InChI=1S/C17H22N2O4/c1-11-15(23-12(2)19-11)10-17(20)18-8-7-13-5-6-14(21-3)16(9-13)22-4/h5-6,9H,7-8,10H2,1-4H3,(H,18,20). The van der Waals surface area contributed by atoms with E-state index < -0.39 is 0 Å². The molecule has 0 aliphatic carbocycles. The van der Waals surface area contributed by atoms with Gasteiger partial charge in [-0.3, -0.25) is 4.79 Å². The summed E-state index contributed by atoms with van der Waals surface area (Å²) in [5.41, 5.74) is 1.83. The number of methoxy groups -OCH3 is 2. The predicted octanol–water partition coefficient (Wildman–Crippen LogP) is 2.21. The Morgan fingerprint density at radius 2 is 1.96 bits per heavy atom. The first-order chi connectivity index (χ1) is 11.0. The van der Waals surface area contributed by atoms with E-state index in [0.29, 0.717) is 36.1 Å². The number of aryl methyl sites for hydroxylation is 2. The number of carbonyl (C=O) groups excluding carboxylic acids is 1. The second-order valence-electron chi connectivity index (χ2n) is 5.21. The van der Waals surface area contributed by atoms with E-state index in [1.54, 1.807) is 21.1 Å². The van der Waals surface area contributed by atoms with Crippen molar-refractivity contribution in [3.63, 3.8) is 0 Å². The minimum Gasteiger partial charge on any atom is -0.493 e. The zero-order valence-corrected chi connectivity index (χ0v) is 13.9. The van der Waals surface area contributed by atoms with Crippen molar-refractivity contribution in [2.75, 3.05) is 20.8 Å². The fraction of sp³-hybridized carbons (Fsp3) is 0.412. The van der Waals surface area contributed by atoms with Crippen LogP contribution in [0.3, 0.4) is 0 Å². The molecule has 0 unspecified atom stereocenters. The molecule has 124 valence electrons. The van der Waals surface area contributed by atoms with Crippen LogP contribution in [-0.2, 0) is 17.6 Å². The van der Waals surface area contributed by atoms with Crippen LogP contribution >= 0.6 is 0 Å². The molecule has 1 aromatic heterocycles. The Balaban J connectivity index is 1.85. The molecule has 0 atom stereocenters. The van der Waals surface area contributed by atoms with Crippen LogP contribution in [0.2, 0.25) is 0 Å². The minimum atomic E-state index is -0.0790. The van der Waals surface area contributed by atoms with Gasteiger partial charge in [0, 0.05) is 13.5 Å². The van der Waals surface area contributed by atoms with Crippen molar-refractivity contribution >= 4 is 5.91 Å². The molecule has 0 radical (unpaired) electrons. The summed E-state index contributed by atoms with van der Waals surface area (Å²) >= 11 is 0. The number of hydrogen-bond donors (Lipinski definition) is 1. The lowest BCUT2D eigenvalue weighted by molar-refractivity contribution is -0.120. The highest BCUT2D eigenvalue weighted by molar-refractivity contribution is 5.78. The van der Waals surface area contributed by atoms with Crippen molar-refractivity contribution in [1.29, 1.82) is 0 Å². The quantitative estimate of drug-likeness (QED) is 0.847. The average molecular weight is 318 g/mol. The summed E-state index contributed by atoms with van der Waals surface area (Å²) in [5, 5.41) is 2.88. The van der Waals surface area contributed by atoms with E-state index in [2.05, 4.69) is 10.3 Å². The molecule has 1 heterocycles. The Hall–Kier alpha value is -2.50. The first kappa shape index (κ1) is 16.9. The molecule has 0 bridgehead atoms. The molecule has 0 saturated carbocycles. The van der Waals surface area contributed by atoms with Gasteiger partial charge in [-0.2, -0.15) is 0 Å². The number of ether oxygens (including phenoxy) is 2. The molecule has 1 amide bonds. The van der Waals surface area contributed by atoms with Crippen LogP contribution in [0.25, 0.3) is 0 Å². The highest BCUT2D eigenvalue weighted by Crippen LogP contribution is 2.27. The van der Waals surface area contributed by atoms with Gasteiger partial charge in [0.1, 0.15) is 5.76 Å². The maximum atomic E-state index is 11.9. The van der Waals surface area contributed by atoms with Gasteiger partial charge in [0.05, 0.1) is 26.3 Å². The molecular weight excluding hydrogens is 296 g/mol. The Morgan fingerprint density at radius 3 is 2.57 bits per heavy atom. The molecule has 1 aromatic carbocycles. The first-order valence-corrected chi connectivity index (χ1v) is 7.44. The Kier molecular flexibility index (Phi) is 5.62. The molecule has 0 fully saturated rings. The molecule has 6 heteroatoms. The number of oxazole rings is 1. The topological polar surface area (TPSA) is 73.6 Å². The van der Waals surface area contributed by atoms with Crippen LogP contribution in [-0.4, -0.2) is 31.7 Å². The number of amides is 1. The second-order valence-corrected chi connectivity index (χ2v) is 5.21. The summed E-state index contributed by atoms with van der Waals surface area (Å²) in [7, 11) is 3.20. The normalized spacial score (nSPS) is 10.4. The van der Waals surface area contributed by atoms with Crippen LogP contribution in [0.5, 0.6) is 11.5 Å². The van der Waals surface area contributed by atoms with Gasteiger partial charge in [0.15, 0.2) is 17.4 Å². The lowest BCUT2D eigenvalue weighted by atomic mass is 10.1. The second kappa shape index (κ2) is 7.67. The monoisotopic (exact) mass is 318 g/mol.